The number of urea groups is 1. The van der Waals surface area contributed by atoms with E-state index in [-0.39, 0.29) is 23.2 Å². The molecule has 14 heteroatoms. The van der Waals surface area contributed by atoms with Crippen LogP contribution in [0.1, 0.15) is 26.7 Å². The third-order valence-electron chi connectivity index (χ3n) is 5.25. The van der Waals surface area contributed by atoms with Gasteiger partial charge in [0.25, 0.3) is 0 Å². The average Bonchev–Trinajstić information content (AvgIpc) is 2.84. The molecule has 0 saturated carbocycles. The molecule has 0 aliphatic carbocycles. The Hall–Kier alpha value is -3.49. The molecule has 1 aromatic rings. The van der Waals surface area contributed by atoms with Gasteiger partial charge in [0.05, 0.1) is 23.5 Å². The fourth-order valence-corrected chi connectivity index (χ4v) is 4.36. The lowest BCUT2D eigenvalue weighted by atomic mass is 9.96. The van der Waals surface area contributed by atoms with E-state index in [1.165, 1.54) is 4.90 Å². The van der Waals surface area contributed by atoms with Crippen molar-refractivity contribution in [3.05, 3.63) is 43.0 Å². The number of hydrogen-bond donors (Lipinski definition) is 5. The van der Waals surface area contributed by atoms with E-state index in [1.54, 1.807) is 36.4 Å². The van der Waals surface area contributed by atoms with Crippen molar-refractivity contribution in [2.24, 2.45) is 0 Å². The molecular formula is C24H37N3O10S. The van der Waals surface area contributed by atoms with Gasteiger partial charge < -0.3 is 35.5 Å². The molecule has 0 radical (unpaired) electrons. The zero-order valence-corrected chi connectivity index (χ0v) is 22.4. The number of hydrogen-bond acceptors (Lipinski definition) is 8. The van der Waals surface area contributed by atoms with E-state index < -0.39 is 46.2 Å². The van der Waals surface area contributed by atoms with Gasteiger partial charge in [0.2, 0.25) is 0 Å². The summed E-state index contributed by atoms with van der Waals surface area (Å²) in [5, 5.41) is 36.7. The third-order valence-corrected chi connectivity index (χ3v) is 6.96. The van der Waals surface area contributed by atoms with E-state index in [0.717, 1.165) is 19.6 Å². The highest BCUT2D eigenvalue weighted by atomic mass is 32.2. The maximum Gasteiger partial charge on any atom is 0.336 e. The van der Waals surface area contributed by atoms with Gasteiger partial charge in [-0.1, -0.05) is 38.1 Å². The molecule has 0 unspecified atom stereocenters. The second kappa shape index (κ2) is 17.1. The minimum atomic E-state index is -3.41. The van der Waals surface area contributed by atoms with Crippen molar-refractivity contribution >= 4 is 33.8 Å². The zero-order valence-electron chi connectivity index (χ0n) is 21.6. The number of carboxylic acid groups (broad SMARTS) is 3. The van der Waals surface area contributed by atoms with Gasteiger partial charge >= 0.3 is 23.9 Å². The Morgan fingerprint density at radius 3 is 1.92 bits per heavy atom. The smallest absolute Gasteiger partial charge is 0.336 e. The highest BCUT2D eigenvalue weighted by Crippen LogP contribution is 2.15. The fourth-order valence-electron chi connectivity index (χ4n) is 3.09. The van der Waals surface area contributed by atoms with Crippen LogP contribution in [-0.4, -0.2) is 113 Å². The number of benzene rings is 1. The van der Waals surface area contributed by atoms with Crippen LogP contribution in [0.25, 0.3) is 0 Å². The first-order chi connectivity index (χ1) is 17.7. The molecule has 38 heavy (non-hydrogen) atoms. The van der Waals surface area contributed by atoms with Gasteiger partial charge in [-0.25, -0.2) is 18.0 Å². The largest absolute Gasteiger partial charge is 0.481 e. The summed E-state index contributed by atoms with van der Waals surface area (Å²) >= 11 is 0. The number of rotatable bonds is 16. The van der Waals surface area contributed by atoms with Crippen molar-refractivity contribution in [1.29, 1.82) is 0 Å². The van der Waals surface area contributed by atoms with Gasteiger partial charge in [0.1, 0.15) is 0 Å². The van der Waals surface area contributed by atoms with Crippen molar-refractivity contribution in [3.8, 4) is 0 Å². The van der Waals surface area contributed by atoms with E-state index in [4.69, 9.17) is 20.4 Å². The van der Waals surface area contributed by atoms with Crippen LogP contribution < -0.4 is 5.32 Å². The van der Waals surface area contributed by atoms with Gasteiger partial charge in [-0.2, -0.15) is 0 Å². The standard InChI is InChI=1S/C18H29N3O3S.C6H8O7/c1-4-13-21(18(22)19-12-14-20(5-2)6-3)15-16-25(23,24)17-10-8-7-9-11-17;7-3(8)1-6(13,5(11)12)2-4(9)10/h4,7-11H,1,5-6,12-16H2,2-3H3,(H,19,22);13H,1-2H2,(H,7,8)(H,9,10)(H,11,12). The second-order valence-corrected chi connectivity index (χ2v) is 10.2. The van der Waals surface area contributed by atoms with E-state index in [9.17, 15) is 27.6 Å². The van der Waals surface area contributed by atoms with E-state index in [1.807, 2.05) is 0 Å². The van der Waals surface area contributed by atoms with Crippen LogP contribution in [0, 0.1) is 0 Å². The minimum absolute atomic E-state index is 0.117. The van der Waals surface area contributed by atoms with Gasteiger partial charge in [-0.05, 0) is 25.2 Å². The normalized spacial score (nSPS) is 11.2. The highest BCUT2D eigenvalue weighted by molar-refractivity contribution is 7.91. The number of amides is 2. The Kier molecular flexibility index (Phi) is 15.5. The highest BCUT2D eigenvalue weighted by Gasteiger charge is 2.40. The Labute approximate surface area is 222 Å². The number of carbonyl (C=O) groups is 4. The van der Waals surface area contributed by atoms with Crippen LogP contribution >= 0.6 is 0 Å². The Morgan fingerprint density at radius 2 is 1.50 bits per heavy atom. The summed E-state index contributed by atoms with van der Waals surface area (Å²) in [5.74, 6) is -5.14. The number of carbonyl (C=O) groups excluding carboxylic acids is 1. The Morgan fingerprint density at radius 1 is 0.974 bits per heavy atom. The molecule has 5 N–H and O–H groups in total. The SMILES string of the molecule is C=CCN(CCS(=O)(=O)c1ccccc1)C(=O)NCCN(CC)CC.O=C(O)CC(O)(CC(=O)O)C(=O)O. The molecule has 0 atom stereocenters. The predicted octanol–water partition coefficient (Wildman–Crippen LogP) is 0.751. The van der Waals surface area contributed by atoms with Crippen LogP contribution in [0.5, 0.6) is 0 Å². The summed E-state index contributed by atoms with van der Waals surface area (Å²) in [4.78, 5) is 46.7. The summed E-state index contributed by atoms with van der Waals surface area (Å²) in [6, 6.07) is 8.01. The molecule has 0 heterocycles. The second-order valence-electron chi connectivity index (χ2n) is 8.10. The molecule has 0 fully saturated rings. The zero-order chi connectivity index (χ0) is 29.4. The lowest BCUT2D eigenvalue weighted by Crippen LogP contribution is -2.44. The van der Waals surface area contributed by atoms with Gasteiger partial charge in [-0.15, -0.1) is 6.58 Å². The van der Waals surface area contributed by atoms with Crippen LogP contribution in [0.4, 0.5) is 4.79 Å². The van der Waals surface area contributed by atoms with Gasteiger partial charge in [0, 0.05) is 26.2 Å². The maximum absolute atomic E-state index is 12.4. The molecule has 0 aliphatic rings. The van der Waals surface area contributed by atoms with Crippen molar-refractivity contribution in [2.45, 2.75) is 37.2 Å². The fraction of sp³-hybridized carbons (Fsp3) is 0.500. The number of nitrogens with zero attached hydrogens (tertiary/aromatic N) is 2. The summed E-state index contributed by atoms with van der Waals surface area (Å²) in [5.41, 5.74) is -2.74. The molecule has 214 valence electrons. The van der Waals surface area contributed by atoms with Crippen LogP contribution in [0.3, 0.4) is 0 Å². The number of aliphatic carboxylic acids is 3. The quantitative estimate of drug-likeness (QED) is 0.179. The van der Waals surface area contributed by atoms with Crippen molar-refractivity contribution < 1.29 is 48.0 Å². The molecule has 0 saturated heterocycles. The number of aliphatic hydroxyl groups is 1. The Bertz CT molecular complexity index is 1010. The first-order valence-corrected chi connectivity index (χ1v) is 13.4. The molecule has 2 amide bonds. The van der Waals surface area contributed by atoms with Crippen LogP contribution in [-0.2, 0) is 24.2 Å². The summed E-state index contributed by atoms with van der Waals surface area (Å²) in [7, 11) is -3.41. The lowest BCUT2D eigenvalue weighted by molar-refractivity contribution is -0.170. The predicted molar refractivity (Wildman–Crippen MR) is 139 cm³/mol. The molecule has 0 spiro atoms. The van der Waals surface area contributed by atoms with E-state index in [0.29, 0.717) is 13.1 Å². The van der Waals surface area contributed by atoms with E-state index in [2.05, 4.69) is 30.6 Å². The molecule has 1 aromatic carbocycles. The van der Waals surface area contributed by atoms with Crippen LogP contribution in [0.15, 0.2) is 47.9 Å². The monoisotopic (exact) mass is 559 g/mol. The molecule has 0 bridgehead atoms. The summed E-state index contributed by atoms with van der Waals surface area (Å²) in [6.45, 7) is 11.4. The van der Waals surface area contributed by atoms with Crippen molar-refractivity contribution in [1.82, 2.24) is 15.1 Å². The number of likely N-dealkylation sites (N-methyl/N-ethyl adjacent to an activating group) is 1. The molecule has 0 aliphatic heterocycles. The summed E-state index contributed by atoms with van der Waals surface area (Å²) < 4.78 is 24.7. The average molecular weight is 560 g/mol. The minimum Gasteiger partial charge on any atom is -0.481 e. The maximum atomic E-state index is 12.4. The lowest BCUT2D eigenvalue weighted by Gasteiger charge is -2.23. The molecular weight excluding hydrogens is 522 g/mol. The topological polar surface area (TPSA) is 202 Å². The number of sulfone groups is 1. The number of carboxylic acids is 3. The number of nitrogens with one attached hydrogen (secondary N) is 1. The molecule has 13 nitrogen and oxygen atoms in total. The van der Waals surface area contributed by atoms with Crippen molar-refractivity contribution in [3.63, 3.8) is 0 Å². The first-order valence-electron chi connectivity index (χ1n) is 11.8. The van der Waals surface area contributed by atoms with Gasteiger partial charge in [-0.3, -0.25) is 9.59 Å². The molecule has 0 aromatic heterocycles. The summed E-state index contributed by atoms with van der Waals surface area (Å²) in [6.07, 6.45) is -0.692. The Balaban J connectivity index is 0.000000889. The first kappa shape index (κ1) is 34.5. The van der Waals surface area contributed by atoms with E-state index >= 15 is 0 Å². The molecule has 1 rings (SSSR count). The van der Waals surface area contributed by atoms with Crippen LogP contribution in [0.2, 0.25) is 0 Å². The third kappa shape index (κ3) is 13.2. The van der Waals surface area contributed by atoms with Crippen molar-refractivity contribution in [2.75, 3.05) is 45.0 Å². The van der Waals surface area contributed by atoms with Gasteiger partial charge in [0.15, 0.2) is 15.4 Å².